The SMILES string of the molecule is CC(C)(C)CC1CN(CC(=O)O)CCN(CC(=O)O)CCN1CC(=O)O. The van der Waals surface area contributed by atoms with Crippen LogP contribution in [0.15, 0.2) is 0 Å². The Kier molecular flexibility index (Phi) is 8.45. The summed E-state index contributed by atoms with van der Waals surface area (Å²) in [4.78, 5) is 38.9. The van der Waals surface area contributed by atoms with E-state index in [0.29, 0.717) is 32.7 Å². The fourth-order valence-electron chi connectivity index (χ4n) is 3.32. The lowest BCUT2D eigenvalue weighted by atomic mass is 9.87. The minimum Gasteiger partial charge on any atom is -0.480 e. The van der Waals surface area contributed by atoms with E-state index < -0.39 is 17.9 Å². The standard InChI is InChI=1S/C17H31N3O6/c1-17(2,3)8-13-9-19(11-15(23)24)5-4-18(10-14(21)22)6-7-20(13)12-16(25)26/h13H,4-12H2,1-3H3,(H,21,22)(H,23,24)(H,25,26). The van der Waals surface area contributed by atoms with Crippen LogP contribution < -0.4 is 0 Å². The van der Waals surface area contributed by atoms with Gasteiger partial charge in [-0.25, -0.2) is 0 Å². The highest BCUT2D eigenvalue weighted by Gasteiger charge is 2.30. The maximum absolute atomic E-state index is 11.3. The van der Waals surface area contributed by atoms with Crippen LogP contribution in [0.5, 0.6) is 0 Å². The second kappa shape index (κ2) is 9.84. The molecule has 1 heterocycles. The second-order valence-corrected chi connectivity index (χ2v) is 8.08. The molecule has 0 bridgehead atoms. The third-order valence-corrected chi connectivity index (χ3v) is 4.33. The molecule has 0 spiro atoms. The van der Waals surface area contributed by atoms with Crippen molar-refractivity contribution in [3.05, 3.63) is 0 Å². The van der Waals surface area contributed by atoms with Gasteiger partial charge in [0.25, 0.3) is 0 Å². The zero-order valence-electron chi connectivity index (χ0n) is 15.8. The van der Waals surface area contributed by atoms with Gasteiger partial charge in [0.1, 0.15) is 0 Å². The fraction of sp³-hybridized carbons (Fsp3) is 0.824. The molecule has 1 aliphatic rings. The van der Waals surface area contributed by atoms with Gasteiger partial charge in [-0.15, -0.1) is 0 Å². The summed E-state index contributed by atoms with van der Waals surface area (Å²) in [6.45, 7) is 7.92. The van der Waals surface area contributed by atoms with Crippen LogP contribution in [0.4, 0.5) is 0 Å². The Morgan fingerprint density at radius 1 is 0.808 bits per heavy atom. The van der Waals surface area contributed by atoms with Crippen LogP contribution in [0.1, 0.15) is 27.2 Å². The van der Waals surface area contributed by atoms with E-state index in [1.54, 1.807) is 9.80 Å². The molecule has 1 atom stereocenters. The Morgan fingerprint density at radius 3 is 1.77 bits per heavy atom. The predicted molar refractivity (Wildman–Crippen MR) is 95.2 cm³/mol. The van der Waals surface area contributed by atoms with Crippen LogP contribution in [0.25, 0.3) is 0 Å². The average Bonchev–Trinajstić information content (AvgIpc) is 2.49. The molecule has 1 rings (SSSR count). The van der Waals surface area contributed by atoms with Gasteiger partial charge in [-0.3, -0.25) is 29.1 Å². The number of carboxylic acids is 3. The molecular weight excluding hydrogens is 342 g/mol. The topological polar surface area (TPSA) is 122 Å². The van der Waals surface area contributed by atoms with Crippen LogP contribution >= 0.6 is 0 Å². The first-order valence-electron chi connectivity index (χ1n) is 8.80. The summed E-state index contributed by atoms with van der Waals surface area (Å²) < 4.78 is 0. The molecule has 26 heavy (non-hydrogen) atoms. The van der Waals surface area contributed by atoms with Crippen LogP contribution in [0.3, 0.4) is 0 Å². The van der Waals surface area contributed by atoms with E-state index in [1.165, 1.54) is 0 Å². The summed E-state index contributed by atoms with van der Waals surface area (Å²) >= 11 is 0. The summed E-state index contributed by atoms with van der Waals surface area (Å²) in [7, 11) is 0. The maximum atomic E-state index is 11.3. The molecule has 3 N–H and O–H groups in total. The number of hydrogen-bond donors (Lipinski definition) is 3. The molecule has 150 valence electrons. The van der Waals surface area contributed by atoms with Crippen LogP contribution in [0, 0.1) is 5.41 Å². The largest absolute Gasteiger partial charge is 0.480 e. The lowest BCUT2D eigenvalue weighted by molar-refractivity contribution is -0.141. The summed E-state index contributed by atoms with van der Waals surface area (Å²) in [6.07, 6.45) is 0.718. The first-order valence-corrected chi connectivity index (χ1v) is 8.80. The molecule has 0 saturated carbocycles. The van der Waals surface area contributed by atoms with Gasteiger partial charge < -0.3 is 15.3 Å². The third-order valence-electron chi connectivity index (χ3n) is 4.33. The minimum atomic E-state index is -0.954. The Bertz CT molecular complexity index is 505. The van der Waals surface area contributed by atoms with Crippen molar-refractivity contribution in [1.82, 2.24) is 14.7 Å². The maximum Gasteiger partial charge on any atom is 0.317 e. The normalized spacial score (nSPS) is 21.6. The molecule has 0 aromatic carbocycles. The van der Waals surface area contributed by atoms with Crippen molar-refractivity contribution in [2.75, 3.05) is 52.4 Å². The highest BCUT2D eigenvalue weighted by Crippen LogP contribution is 2.25. The number of carbonyl (C=O) groups is 3. The quantitative estimate of drug-likeness (QED) is 0.564. The van der Waals surface area contributed by atoms with Crippen LogP contribution in [-0.2, 0) is 14.4 Å². The monoisotopic (exact) mass is 373 g/mol. The molecule has 0 amide bonds. The molecule has 1 aliphatic heterocycles. The highest BCUT2D eigenvalue weighted by molar-refractivity contribution is 5.70. The van der Waals surface area contributed by atoms with Gasteiger partial charge in [-0.2, -0.15) is 0 Å². The summed E-state index contributed by atoms with van der Waals surface area (Å²) in [5, 5.41) is 27.5. The molecule has 1 unspecified atom stereocenters. The average molecular weight is 373 g/mol. The van der Waals surface area contributed by atoms with Crippen molar-refractivity contribution < 1.29 is 29.7 Å². The Labute approximate surface area is 154 Å². The van der Waals surface area contributed by atoms with Gasteiger partial charge in [0, 0.05) is 38.8 Å². The van der Waals surface area contributed by atoms with Gasteiger partial charge in [0.15, 0.2) is 0 Å². The first-order chi connectivity index (χ1) is 12.0. The molecule has 0 aromatic heterocycles. The predicted octanol–water partition coefficient (Wildman–Crippen LogP) is -0.0354. The van der Waals surface area contributed by atoms with Gasteiger partial charge in [0.2, 0.25) is 0 Å². The molecule has 0 aromatic rings. The number of aliphatic carboxylic acids is 3. The summed E-state index contributed by atoms with van der Waals surface area (Å²) in [5.74, 6) is -2.85. The molecule has 1 fully saturated rings. The second-order valence-electron chi connectivity index (χ2n) is 8.08. The van der Waals surface area contributed by atoms with Gasteiger partial charge in [0.05, 0.1) is 19.6 Å². The van der Waals surface area contributed by atoms with E-state index in [4.69, 9.17) is 5.11 Å². The van der Waals surface area contributed by atoms with E-state index in [0.717, 1.165) is 6.42 Å². The van der Waals surface area contributed by atoms with Crippen molar-refractivity contribution in [2.24, 2.45) is 5.41 Å². The smallest absolute Gasteiger partial charge is 0.317 e. The summed E-state index contributed by atoms with van der Waals surface area (Å²) in [5.41, 5.74) is -0.0505. The zero-order valence-corrected chi connectivity index (χ0v) is 15.8. The third kappa shape index (κ3) is 9.12. The minimum absolute atomic E-state index is 0.0505. The molecule has 9 nitrogen and oxygen atoms in total. The number of rotatable bonds is 7. The van der Waals surface area contributed by atoms with E-state index in [9.17, 15) is 24.6 Å². The molecule has 9 heteroatoms. The van der Waals surface area contributed by atoms with E-state index >= 15 is 0 Å². The van der Waals surface area contributed by atoms with Crippen LogP contribution in [0.2, 0.25) is 0 Å². The number of nitrogens with zero attached hydrogens (tertiary/aromatic N) is 3. The highest BCUT2D eigenvalue weighted by atomic mass is 16.4. The zero-order chi connectivity index (χ0) is 19.9. The molecular formula is C17H31N3O6. The van der Waals surface area contributed by atoms with Crippen molar-refractivity contribution in [3.63, 3.8) is 0 Å². The van der Waals surface area contributed by atoms with Crippen molar-refractivity contribution in [2.45, 2.75) is 33.2 Å². The Hall–Kier alpha value is -1.71. The fourth-order valence-corrected chi connectivity index (χ4v) is 3.32. The van der Waals surface area contributed by atoms with E-state index in [-0.39, 0.29) is 31.1 Å². The van der Waals surface area contributed by atoms with E-state index in [2.05, 4.69) is 20.8 Å². The van der Waals surface area contributed by atoms with Crippen molar-refractivity contribution in [3.8, 4) is 0 Å². The van der Waals surface area contributed by atoms with Gasteiger partial charge in [-0.1, -0.05) is 20.8 Å². The lowest BCUT2D eigenvalue weighted by Gasteiger charge is -2.37. The van der Waals surface area contributed by atoms with Crippen LogP contribution in [-0.4, -0.2) is 106 Å². The Balaban J connectivity index is 3.06. The van der Waals surface area contributed by atoms with E-state index in [1.807, 2.05) is 4.90 Å². The molecule has 0 radical (unpaired) electrons. The molecule has 0 aliphatic carbocycles. The number of carboxylic acid groups (broad SMARTS) is 3. The first kappa shape index (κ1) is 22.3. The van der Waals surface area contributed by atoms with Gasteiger partial charge >= 0.3 is 17.9 Å². The molecule has 1 saturated heterocycles. The summed E-state index contributed by atoms with van der Waals surface area (Å²) in [6, 6.07) is -0.116. The lowest BCUT2D eigenvalue weighted by Crippen LogP contribution is -2.49. The van der Waals surface area contributed by atoms with Crippen molar-refractivity contribution >= 4 is 17.9 Å². The number of hydrogen-bond acceptors (Lipinski definition) is 6. The van der Waals surface area contributed by atoms with Crippen molar-refractivity contribution in [1.29, 1.82) is 0 Å². The van der Waals surface area contributed by atoms with Gasteiger partial charge in [-0.05, 0) is 11.8 Å². The Morgan fingerprint density at radius 2 is 1.27 bits per heavy atom.